The zero-order chi connectivity index (χ0) is 18.5. The van der Waals surface area contributed by atoms with Crippen molar-refractivity contribution in [1.82, 2.24) is 9.80 Å². The maximum Gasteiger partial charge on any atom is 0.242 e. The normalized spacial score (nSPS) is 20.8. The summed E-state index contributed by atoms with van der Waals surface area (Å²) in [6.07, 6.45) is 5.44. The molecule has 26 heavy (non-hydrogen) atoms. The van der Waals surface area contributed by atoms with Gasteiger partial charge in [-0.15, -0.1) is 0 Å². The molecule has 0 saturated carbocycles. The van der Waals surface area contributed by atoms with Crippen molar-refractivity contribution in [3.8, 4) is 11.5 Å². The van der Waals surface area contributed by atoms with Gasteiger partial charge in [-0.3, -0.25) is 9.59 Å². The molecule has 0 spiro atoms. The van der Waals surface area contributed by atoms with Crippen molar-refractivity contribution in [2.75, 3.05) is 33.9 Å². The maximum atomic E-state index is 12.9. The number of hydrogen-bond donors (Lipinski definition) is 0. The molecule has 1 aromatic carbocycles. The van der Waals surface area contributed by atoms with E-state index >= 15 is 0 Å². The zero-order valence-corrected chi connectivity index (χ0v) is 15.7. The van der Waals surface area contributed by atoms with Crippen LogP contribution in [-0.4, -0.2) is 55.5 Å². The molecule has 6 nitrogen and oxygen atoms in total. The van der Waals surface area contributed by atoms with Gasteiger partial charge in [0.25, 0.3) is 0 Å². The number of carbonyl (C=O) groups excluding carboxylic acids is 2. The molecule has 0 radical (unpaired) electrons. The Kier molecular flexibility index (Phi) is 6.01. The highest BCUT2D eigenvalue weighted by atomic mass is 16.5. The van der Waals surface area contributed by atoms with Crippen molar-refractivity contribution in [3.05, 3.63) is 23.8 Å². The van der Waals surface area contributed by atoms with Gasteiger partial charge in [-0.1, -0.05) is 12.5 Å². The molecule has 2 fully saturated rings. The molecule has 3 rings (SSSR count). The van der Waals surface area contributed by atoms with Crippen molar-refractivity contribution in [3.63, 3.8) is 0 Å². The number of ether oxygens (including phenoxy) is 2. The van der Waals surface area contributed by atoms with E-state index in [1.807, 2.05) is 23.1 Å². The van der Waals surface area contributed by atoms with Crippen LogP contribution >= 0.6 is 0 Å². The van der Waals surface area contributed by atoms with E-state index in [4.69, 9.17) is 9.47 Å². The van der Waals surface area contributed by atoms with E-state index in [0.29, 0.717) is 24.5 Å². The van der Waals surface area contributed by atoms with Gasteiger partial charge in [-0.05, 0) is 43.4 Å². The number of amides is 2. The van der Waals surface area contributed by atoms with Crippen LogP contribution in [0.25, 0.3) is 0 Å². The first kappa shape index (κ1) is 18.5. The molecule has 6 heteroatoms. The van der Waals surface area contributed by atoms with Crippen LogP contribution in [0.1, 0.15) is 50.1 Å². The second kappa shape index (κ2) is 8.43. The van der Waals surface area contributed by atoms with Gasteiger partial charge in [0.2, 0.25) is 11.8 Å². The second-order valence-corrected chi connectivity index (χ2v) is 6.99. The highest BCUT2D eigenvalue weighted by Crippen LogP contribution is 2.37. The fourth-order valence-corrected chi connectivity index (χ4v) is 3.93. The lowest BCUT2D eigenvalue weighted by Gasteiger charge is -2.29. The third-order valence-electron chi connectivity index (χ3n) is 5.36. The standard InChI is InChI=1S/C20H28N2O4/c1-25-17-10-9-15(13-18(17)26-2)16-7-6-12-22(16)20(24)14-21-11-5-3-4-8-19(21)23/h9-10,13,16H,3-8,11-12,14H2,1-2H3. The number of methoxy groups -OCH3 is 2. The van der Waals surface area contributed by atoms with Gasteiger partial charge in [0.15, 0.2) is 11.5 Å². The Bertz CT molecular complexity index is 661. The van der Waals surface area contributed by atoms with Crippen LogP contribution in [0.5, 0.6) is 11.5 Å². The number of carbonyl (C=O) groups is 2. The summed E-state index contributed by atoms with van der Waals surface area (Å²) in [7, 11) is 3.23. The predicted molar refractivity (Wildman–Crippen MR) is 98.3 cm³/mol. The molecule has 1 unspecified atom stereocenters. The molecule has 1 atom stereocenters. The van der Waals surface area contributed by atoms with E-state index in [1.165, 1.54) is 0 Å². The summed E-state index contributed by atoms with van der Waals surface area (Å²) in [5.74, 6) is 1.50. The summed E-state index contributed by atoms with van der Waals surface area (Å²) in [4.78, 5) is 28.8. The van der Waals surface area contributed by atoms with Crippen LogP contribution in [0, 0.1) is 0 Å². The first-order chi connectivity index (χ1) is 12.6. The smallest absolute Gasteiger partial charge is 0.242 e. The van der Waals surface area contributed by atoms with E-state index in [0.717, 1.165) is 44.2 Å². The number of rotatable bonds is 5. The van der Waals surface area contributed by atoms with Gasteiger partial charge in [-0.25, -0.2) is 0 Å². The molecular formula is C20H28N2O4. The minimum Gasteiger partial charge on any atom is -0.493 e. The topological polar surface area (TPSA) is 59.1 Å². The molecule has 2 amide bonds. The molecule has 0 aromatic heterocycles. The fourth-order valence-electron chi connectivity index (χ4n) is 3.93. The van der Waals surface area contributed by atoms with E-state index in [-0.39, 0.29) is 24.4 Å². The third-order valence-corrected chi connectivity index (χ3v) is 5.36. The molecule has 2 aliphatic heterocycles. The average molecular weight is 360 g/mol. The van der Waals surface area contributed by atoms with Crippen LogP contribution < -0.4 is 9.47 Å². The summed E-state index contributed by atoms with van der Waals surface area (Å²) in [5.41, 5.74) is 1.05. The number of likely N-dealkylation sites (tertiary alicyclic amines) is 2. The quantitative estimate of drug-likeness (QED) is 0.810. The predicted octanol–water partition coefficient (Wildman–Crippen LogP) is 2.77. The molecule has 0 aliphatic carbocycles. The van der Waals surface area contributed by atoms with Crippen LogP contribution in [0.15, 0.2) is 18.2 Å². The monoisotopic (exact) mass is 360 g/mol. The van der Waals surface area contributed by atoms with Crippen LogP contribution in [0.3, 0.4) is 0 Å². The van der Waals surface area contributed by atoms with Crippen molar-refractivity contribution >= 4 is 11.8 Å². The van der Waals surface area contributed by atoms with Gasteiger partial charge in [0.1, 0.15) is 0 Å². The molecule has 0 N–H and O–H groups in total. The Morgan fingerprint density at radius 3 is 2.65 bits per heavy atom. The zero-order valence-electron chi connectivity index (χ0n) is 15.7. The lowest BCUT2D eigenvalue weighted by atomic mass is 10.0. The SMILES string of the molecule is COc1ccc(C2CCCN2C(=O)CN2CCCCCC2=O)cc1OC. The van der Waals surface area contributed by atoms with E-state index < -0.39 is 0 Å². The number of benzene rings is 1. The molecule has 2 saturated heterocycles. The molecule has 1 aromatic rings. The Labute approximate surface area is 155 Å². The Morgan fingerprint density at radius 1 is 1.08 bits per heavy atom. The van der Waals surface area contributed by atoms with E-state index in [2.05, 4.69) is 0 Å². The van der Waals surface area contributed by atoms with Gasteiger partial charge in [0, 0.05) is 19.5 Å². The molecule has 2 aliphatic rings. The van der Waals surface area contributed by atoms with Gasteiger partial charge in [-0.2, -0.15) is 0 Å². The van der Waals surface area contributed by atoms with Crippen molar-refractivity contribution in [2.24, 2.45) is 0 Å². The van der Waals surface area contributed by atoms with Crippen molar-refractivity contribution in [2.45, 2.75) is 44.6 Å². The van der Waals surface area contributed by atoms with Crippen LogP contribution in [-0.2, 0) is 9.59 Å². The average Bonchev–Trinajstić information content (AvgIpc) is 3.07. The van der Waals surface area contributed by atoms with E-state index in [1.54, 1.807) is 19.1 Å². The van der Waals surface area contributed by atoms with Gasteiger partial charge < -0.3 is 19.3 Å². The Morgan fingerprint density at radius 2 is 1.88 bits per heavy atom. The maximum absolute atomic E-state index is 12.9. The van der Waals surface area contributed by atoms with Gasteiger partial charge >= 0.3 is 0 Å². The van der Waals surface area contributed by atoms with Crippen LogP contribution in [0.2, 0.25) is 0 Å². The highest BCUT2D eigenvalue weighted by Gasteiger charge is 2.32. The number of hydrogen-bond acceptors (Lipinski definition) is 4. The molecular weight excluding hydrogens is 332 g/mol. The summed E-state index contributed by atoms with van der Waals surface area (Å²) in [6, 6.07) is 5.86. The summed E-state index contributed by atoms with van der Waals surface area (Å²) >= 11 is 0. The van der Waals surface area contributed by atoms with Gasteiger partial charge in [0.05, 0.1) is 26.8 Å². The summed E-state index contributed by atoms with van der Waals surface area (Å²) < 4.78 is 10.7. The molecule has 142 valence electrons. The van der Waals surface area contributed by atoms with Crippen LogP contribution in [0.4, 0.5) is 0 Å². The first-order valence-electron chi connectivity index (χ1n) is 9.43. The third kappa shape index (κ3) is 3.94. The Hall–Kier alpha value is -2.24. The molecule has 2 heterocycles. The number of nitrogens with zero attached hydrogens (tertiary/aromatic N) is 2. The lowest BCUT2D eigenvalue weighted by molar-refractivity contribution is -0.140. The first-order valence-corrected chi connectivity index (χ1v) is 9.43. The lowest BCUT2D eigenvalue weighted by Crippen LogP contribution is -2.42. The Balaban J connectivity index is 1.73. The minimum absolute atomic E-state index is 0.0318. The largest absolute Gasteiger partial charge is 0.493 e. The van der Waals surface area contributed by atoms with Crippen molar-refractivity contribution < 1.29 is 19.1 Å². The van der Waals surface area contributed by atoms with E-state index in [9.17, 15) is 9.59 Å². The molecule has 0 bridgehead atoms. The summed E-state index contributed by atoms with van der Waals surface area (Å²) in [5, 5.41) is 0. The highest BCUT2D eigenvalue weighted by molar-refractivity contribution is 5.85. The fraction of sp³-hybridized carbons (Fsp3) is 0.600. The summed E-state index contributed by atoms with van der Waals surface area (Å²) in [6.45, 7) is 1.63. The second-order valence-electron chi connectivity index (χ2n) is 6.99. The van der Waals surface area contributed by atoms with Crippen molar-refractivity contribution in [1.29, 1.82) is 0 Å². The minimum atomic E-state index is 0.0318.